The molecule has 0 radical (unpaired) electrons. The minimum Gasteiger partial charge on any atom is -0.488 e. The summed E-state index contributed by atoms with van der Waals surface area (Å²) in [7, 11) is 0. The lowest BCUT2D eigenvalue weighted by Gasteiger charge is -2.31. The number of carbonyl (C=O) groups is 1. The molecule has 0 aromatic heterocycles. The average molecular weight is 346 g/mol. The van der Waals surface area contributed by atoms with Crippen LogP contribution in [0.5, 0.6) is 5.75 Å². The number of rotatable bonds is 6. The van der Waals surface area contributed by atoms with E-state index in [1.54, 1.807) is 0 Å². The topological polar surface area (TPSA) is 29.5 Å². The molecule has 1 amide bonds. The summed E-state index contributed by atoms with van der Waals surface area (Å²) >= 11 is 5.90. The van der Waals surface area contributed by atoms with E-state index in [4.69, 9.17) is 16.3 Å². The summed E-state index contributed by atoms with van der Waals surface area (Å²) in [6.07, 6.45) is 0. The first-order valence-corrected chi connectivity index (χ1v) is 8.57. The molecule has 128 valence electrons. The van der Waals surface area contributed by atoms with Crippen LogP contribution in [0.2, 0.25) is 5.02 Å². The van der Waals surface area contributed by atoms with Gasteiger partial charge in [0.05, 0.1) is 5.56 Å². The molecule has 0 fully saturated rings. The second kappa shape index (κ2) is 8.20. The summed E-state index contributed by atoms with van der Waals surface area (Å²) in [6, 6.07) is 15.1. The zero-order chi connectivity index (χ0) is 17.7. The summed E-state index contributed by atoms with van der Waals surface area (Å²) in [5, 5.41) is 0.693. The van der Waals surface area contributed by atoms with Crippen molar-refractivity contribution in [1.82, 2.24) is 4.90 Å². The van der Waals surface area contributed by atoms with Crippen LogP contribution in [0.1, 0.15) is 43.6 Å². The number of hydrogen-bond donors (Lipinski definition) is 0. The van der Waals surface area contributed by atoms with E-state index in [2.05, 4.69) is 0 Å². The van der Waals surface area contributed by atoms with Gasteiger partial charge in [-0.3, -0.25) is 4.79 Å². The average Bonchev–Trinajstić information content (AvgIpc) is 2.54. The van der Waals surface area contributed by atoms with Crippen molar-refractivity contribution in [3.63, 3.8) is 0 Å². The summed E-state index contributed by atoms with van der Waals surface area (Å²) in [5.41, 5.74) is 1.60. The molecule has 0 aliphatic rings. The number of benzene rings is 2. The number of ether oxygens (including phenoxy) is 1. The van der Waals surface area contributed by atoms with Crippen molar-refractivity contribution in [3.8, 4) is 5.75 Å². The van der Waals surface area contributed by atoms with Gasteiger partial charge in [-0.15, -0.1) is 0 Å². The highest BCUT2D eigenvalue weighted by atomic mass is 35.5. The fourth-order valence-corrected chi connectivity index (χ4v) is 2.84. The van der Waals surface area contributed by atoms with Crippen molar-refractivity contribution >= 4 is 17.5 Å². The van der Waals surface area contributed by atoms with Gasteiger partial charge >= 0.3 is 0 Å². The zero-order valence-electron chi connectivity index (χ0n) is 14.6. The van der Waals surface area contributed by atoms with Gasteiger partial charge < -0.3 is 9.64 Å². The normalized spacial score (nSPS) is 11.0. The Kier molecular flexibility index (Phi) is 6.27. The number of amides is 1. The van der Waals surface area contributed by atoms with Crippen molar-refractivity contribution in [2.24, 2.45) is 0 Å². The SMILES string of the molecule is CC(C)N(C(=O)c1ccccc1OCc1ccc(Cl)cc1)C(C)C. The molecule has 0 N–H and O–H groups in total. The largest absolute Gasteiger partial charge is 0.488 e. The predicted octanol–water partition coefficient (Wildman–Crippen LogP) is 5.18. The highest BCUT2D eigenvalue weighted by Gasteiger charge is 2.24. The molecule has 3 nitrogen and oxygen atoms in total. The van der Waals surface area contributed by atoms with Gasteiger partial charge in [-0.25, -0.2) is 0 Å². The zero-order valence-corrected chi connectivity index (χ0v) is 15.4. The molecule has 0 atom stereocenters. The molecule has 0 bridgehead atoms. The molecule has 0 aliphatic carbocycles. The Labute approximate surface area is 149 Å². The molecule has 24 heavy (non-hydrogen) atoms. The maximum Gasteiger partial charge on any atom is 0.258 e. The van der Waals surface area contributed by atoms with Crippen LogP contribution in [-0.2, 0) is 6.61 Å². The maximum atomic E-state index is 12.9. The first kappa shape index (κ1) is 18.3. The van der Waals surface area contributed by atoms with Crippen LogP contribution in [0.3, 0.4) is 0 Å². The third-order valence-corrected chi connectivity index (χ3v) is 4.02. The minimum absolute atomic E-state index is 0.00768. The quantitative estimate of drug-likeness (QED) is 0.722. The van der Waals surface area contributed by atoms with E-state index in [-0.39, 0.29) is 18.0 Å². The lowest BCUT2D eigenvalue weighted by molar-refractivity contribution is 0.0639. The van der Waals surface area contributed by atoms with Crippen molar-refractivity contribution in [2.75, 3.05) is 0 Å². The lowest BCUT2D eigenvalue weighted by Crippen LogP contribution is -2.42. The van der Waals surface area contributed by atoms with Gasteiger partial charge in [-0.05, 0) is 57.5 Å². The molecule has 2 aromatic carbocycles. The number of para-hydroxylation sites is 1. The smallest absolute Gasteiger partial charge is 0.258 e. The molecule has 4 heteroatoms. The summed E-state index contributed by atoms with van der Waals surface area (Å²) in [5.74, 6) is 0.593. The molecular weight excluding hydrogens is 322 g/mol. The summed E-state index contributed by atoms with van der Waals surface area (Å²) in [6.45, 7) is 8.49. The minimum atomic E-state index is -0.00768. The van der Waals surface area contributed by atoms with E-state index in [0.717, 1.165) is 5.56 Å². The predicted molar refractivity (Wildman–Crippen MR) is 98.7 cm³/mol. The van der Waals surface area contributed by atoms with E-state index in [9.17, 15) is 4.79 Å². The van der Waals surface area contributed by atoms with Crippen molar-refractivity contribution in [1.29, 1.82) is 0 Å². The van der Waals surface area contributed by atoms with Crippen LogP contribution in [0.4, 0.5) is 0 Å². The van der Waals surface area contributed by atoms with E-state index >= 15 is 0 Å². The van der Waals surface area contributed by atoms with Crippen molar-refractivity contribution < 1.29 is 9.53 Å². The third-order valence-electron chi connectivity index (χ3n) is 3.77. The maximum absolute atomic E-state index is 12.9. The molecule has 0 saturated heterocycles. The Morgan fingerprint density at radius 2 is 1.58 bits per heavy atom. The van der Waals surface area contributed by atoms with Crippen LogP contribution in [-0.4, -0.2) is 22.9 Å². The second-order valence-electron chi connectivity index (χ2n) is 6.31. The third kappa shape index (κ3) is 4.51. The van der Waals surface area contributed by atoms with Crippen LogP contribution >= 0.6 is 11.6 Å². The van der Waals surface area contributed by atoms with E-state index in [0.29, 0.717) is 22.9 Å². The van der Waals surface area contributed by atoms with Gasteiger partial charge in [-0.2, -0.15) is 0 Å². The highest BCUT2D eigenvalue weighted by molar-refractivity contribution is 6.30. The van der Waals surface area contributed by atoms with E-state index in [1.807, 2.05) is 81.1 Å². The number of nitrogens with zero attached hydrogens (tertiary/aromatic N) is 1. The molecule has 2 aromatic rings. The molecule has 0 unspecified atom stereocenters. The monoisotopic (exact) mass is 345 g/mol. The van der Waals surface area contributed by atoms with Crippen molar-refractivity contribution in [2.45, 2.75) is 46.4 Å². The highest BCUT2D eigenvalue weighted by Crippen LogP contribution is 2.23. The van der Waals surface area contributed by atoms with Gasteiger partial charge in [0.25, 0.3) is 5.91 Å². The van der Waals surface area contributed by atoms with E-state index < -0.39 is 0 Å². The fraction of sp³-hybridized carbons (Fsp3) is 0.350. The fourth-order valence-electron chi connectivity index (χ4n) is 2.72. The molecule has 0 spiro atoms. The Hall–Kier alpha value is -2.00. The first-order chi connectivity index (χ1) is 11.4. The Bertz CT molecular complexity index is 672. The second-order valence-corrected chi connectivity index (χ2v) is 6.75. The summed E-state index contributed by atoms with van der Waals surface area (Å²) < 4.78 is 5.90. The molecule has 0 saturated carbocycles. The summed E-state index contributed by atoms with van der Waals surface area (Å²) in [4.78, 5) is 14.8. The first-order valence-electron chi connectivity index (χ1n) is 8.19. The van der Waals surface area contributed by atoms with E-state index in [1.165, 1.54) is 0 Å². The lowest BCUT2D eigenvalue weighted by atomic mass is 10.1. The van der Waals surface area contributed by atoms with Crippen molar-refractivity contribution in [3.05, 3.63) is 64.7 Å². The van der Waals surface area contributed by atoms with Crippen LogP contribution in [0.25, 0.3) is 0 Å². The van der Waals surface area contributed by atoms with Crippen LogP contribution in [0.15, 0.2) is 48.5 Å². The molecular formula is C20H24ClNO2. The van der Waals surface area contributed by atoms with Gasteiger partial charge in [0.15, 0.2) is 0 Å². The van der Waals surface area contributed by atoms with Crippen LogP contribution in [0, 0.1) is 0 Å². The van der Waals surface area contributed by atoms with Gasteiger partial charge in [0.2, 0.25) is 0 Å². The number of carbonyl (C=O) groups excluding carboxylic acids is 1. The Balaban J connectivity index is 2.20. The number of hydrogen-bond acceptors (Lipinski definition) is 2. The van der Waals surface area contributed by atoms with Gasteiger partial charge in [-0.1, -0.05) is 35.9 Å². The Morgan fingerprint density at radius 1 is 1.00 bits per heavy atom. The standard InChI is InChI=1S/C20H24ClNO2/c1-14(2)22(15(3)4)20(23)18-7-5-6-8-19(18)24-13-16-9-11-17(21)12-10-16/h5-12,14-15H,13H2,1-4H3. The Morgan fingerprint density at radius 3 is 2.17 bits per heavy atom. The molecule has 2 rings (SSSR count). The molecule has 0 aliphatic heterocycles. The van der Waals surface area contributed by atoms with Gasteiger partial charge in [0.1, 0.15) is 12.4 Å². The van der Waals surface area contributed by atoms with Crippen LogP contribution < -0.4 is 4.74 Å². The number of halogens is 1. The van der Waals surface area contributed by atoms with Gasteiger partial charge in [0, 0.05) is 17.1 Å². The molecule has 0 heterocycles.